The molecule has 6 nitrogen and oxygen atoms in total. The molecule has 1 unspecified atom stereocenters. The summed E-state index contributed by atoms with van der Waals surface area (Å²) >= 11 is 0. The second-order valence-electron chi connectivity index (χ2n) is 6.61. The third kappa shape index (κ3) is 4.16. The minimum Gasteiger partial charge on any atom is -0.342 e. The maximum absolute atomic E-state index is 13.0. The second-order valence-corrected chi connectivity index (χ2v) is 8.50. The number of benzene rings is 1. The number of amides is 1. The lowest BCUT2D eigenvalue weighted by atomic mass is 10.0. The number of fused-ring (bicyclic) bond motifs is 1. The van der Waals surface area contributed by atoms with Gasteiger partial charge >= 0.3 is 0 Å². The number of carbonyl (C=O) groups is 1. The van der Waals surface area contributed by atoms with Gasteiger partial charge in [-0.15, -0.1) is 12.4 Å². The van der Waals surface area contributed by atoms with E-state index in [-0.39, 0.29) is 24.4 Å². The van der Waals surface area contributed by atoms with Gasteiger partial charge in [0.1, 0.15) is 0 Å². The lowest BCUT2D eigenvalue weighted by molar-refractivity contribution is -0.128. The van der Waals surface area contributed by atoms with Crippen molar-refractivity contribution in [1.29, 1.82) is 0 Å². The zero-order chi connectivity index (χ0) is 17.3. The Balaban J connectivity index is 0.00000225. The number of nitrogens with zero attached hydrogens (tertiary/aromatic N) is 2. The topological polar surface area (TPSA) is 69.7 Å². The molecule has 0 bridgehead atoms. The van der Waals surface area contributed by atoms with E-state index in [4.69, 9.17) is 0 Å². The van der Waals surface area contributed by atoms with Gasteiger partial charge in [0.15, 0.2) is 0 Å². The number of halogens is 1. The maximum Gasteiger partial charge on any atom is 0.243 e. The van der Waals surface area contributed by atoms with Crippen molar-refractivity contribution in [2.24, 2.45) is 0 Å². The molecule has 0 aromatic heterocycles. The lowest BCUT2D eigenvalue weighted by Crippen LogP contribution is -2.52. The zero-order valence-corrected chi connectivity index (χ0v) is 16.3. The van der Waals surface area contributed by atoms with E-state index in [9.17, 15) is 13.2 Å². The van der Waals surface area contributed by atoms with Gasteiger partial charge in [0.2, 0.25) is 15.9 Å². The van der Waals surface area contributed by atoms with E-state index in [0.717, 1.165) is 17.5 Å². The molecule has 1 fully saturated rings. The first-order valence-electron chi connectivity index (χ1n) is 8.49. The molecule has 8 heteroatoms. The molecule has 0 spiro atoms. The largest absolute Gasteiger partial charge is 0.342 e. The van der Waals surface area contributed by atoms with Crippen LogP contribution >= 0.6 is 12.4 Å². The minimum absolute atomic E-state index is 0. The summed E-state index contributed by atoms with van der Waals surface area (Å²) in [5.41, 5.74) is 2.19. The quantitative estimate of drug-likeness (QED) is 0.823. The highest BCUT2D eigenvalue weighted by molar-refractivity contribution is 7.89. The van der Waals surface area contributed by atoms with Crippen LogP contribution in [0.1, 0.15) is 25.0 Å². The summed E-state index contributed by atoms with van der Waals surface area (Å²) in [6.07, 6.45) is 1.48. The third-order valence-electron chi connectivity index (χ3n) is 4.97. The van der Waals surface area contributed by atoms with Crippen LogP contribution in [-0.4, -0.2) is 62.3 Å². The molecule has 2 aliphatic heterocycles. The number of hydrogen-bond acceptors (Lipinski definition) is 4. The van der Waals surface area contributed by atoms with Gasteiger partial charge in [-0.25, -0.2) is 8.42 Å². The molecule has 1 aromatic carbocycles. The van der Waals surface area contributed by atoms with E-state index in [1.54, 1.807) is 17.3 Å². The monoisotopic (exact) mass is 387 g/mol. The first-order chi connectivity index (χ1) is 11.4. The van der Waals surface area contributed by atoms with E-state index in [1.807, 2.05) is 24.0 Å². The number of carbonyl (C=O) groups excluding carboxylic acids is 1. The molecule has 1 N–H and O–H groups in total. The van der Waals surface area contributed by atoms with Crippen LogP contribution in [-0.2, 0) is 27.7 Å². The minimum atomic E-state index is -3.47. The molecule has 0 radical (unpaired) electrons. The van der Waals surface area contributed by atoms with Gasteiger partial charge in [-0.1, -0.05) is 6.07 Å². The molecule has 1 saturated heterocycles. The summed E-state index contributed by atoms with van der Waals surface area (Å²) in [6, 6.07) is 5.39. The Morgan fingerprint density at radius 1 is 1.16 bits per heavy atom. The predicted molar refractivity (Wildman–Crippen MR) is 99.6 cm³/mol. The Bertz CT molecular complexity index is 739. The zero-order valence-electron chi connectivity index (χ0n) is 14.7. The highest BCUT2D eigenvalue weighted by Gasteiger charge is 2.31. The Morgan fingerprint density at radius 3 is 2.48 bits per heavy atom. The first kappa shape index (κ1) is 20.2. The Labute approximate surface area is 156 Å². The molecule has 1 aromatic rings. The number of sulfonamides is 1. The smallest absolute Gasteiger partial charge is 0.243 e. The predicted octanol–water partition coefficient (Wildman–Crippen LogP) is 1.04. The third-order valence-corrected chi connectivity index (χ3v) is 6.98. The Hall–Kier alpha value is -1.15. The van der Waals surface area contributed by atoms with Crippen LogP contribution in [0.25, 0.3) is 0 Å². The fourth-order valence-corrected chi connectivity index (χ4v) is 5.17. The summed E-state index contributed by atoms with van der Waals surface area (Å²) in [4.78, 5) is 13.8. The van der Waals surface area contributed by atoms with Crippen molar-refractivity contribution in [3.8, 4) is 0 Å². The Kier molecular flexibility index (Phi) is 6.48. The number of nitrogens with one attached hydrogen (secondary N) is 1. The summed E-state index contributed by atoms with van der Waals surface area (Å²) in [5.74, 6) is 0.0743. The molecule has 2 heterocycles. The van der Waals surface area contributed by atoms with Crippen molar-refractivity contribution in [1.82, 2.24) is 14.5 Å². The molecule has 0 saturated carbocycles. The van der Waals surface area contributed by atoms with Crippen LogP contribution in [0.4, 0.5) is 0 Å². The van der Waals surface area contributed by atoms with Gasteiger partial charge in [0, 0.05) is 45.7 Å². The number of hydrogen-bond donors (Lipinski definition) is 1. The number of rotatable bonds is 2. The molecule has 0 aliphatic carbocycles. The number of piperazine rings is 1. The van der Waals surface area contributed by atoms with Crippen molar-refractivity contribution in [2.75, 3.05) is 32.7 Å². The van der Waals surface area contributed by atoms with E-state index in [1.165, 1.54) is 0 Å². The van der Waals surface area contributed by atoms with Gasteiger partial charge in [0.25, 0.3) is 0 Å². The summed E-state index contributed by atoms with van der Waals surface area (Å²) in [6.45, 7) is 6.72. The van der Waals surface area contributed by atoms with Crippen LogP contribution in [0.3, 0.4) is 0 Å². The van der Waals surface area contributed by atoms with Crippen LogP contribution in [0.5, 0.6) is 0 Å². The molecular weight excluding hydrogens is 362 g/mol. The summed E-state index contributed by atoms with van der Waals surface area (Å²) in [5, 5.41) is 3.22. The van der Waals surface area contributed by atoms with Crippen molar-refractivity contribution in [2.45, 2.75) is 37.6 Å². The van der Waals surface area contributed by atoms with Crippen LogP contribution in [0.2, 0.25) is 0 Å². The van der Waals surface area contributed by atoms with Gasteiger partial charge in [-0.2, -0.15) is 4.31 Å². The van der Waals surface area contributed by atoms with E-state index >= 15 is 0 Å². The van der Waals surface area contributed by atoms with Crippen molar-refractivity contribution < 1.29 is 13.2 Å². The van der Waals surface area contributed by atoms with E-state index < -0.39 is 10.0 Å². The molecular formula is C17H26ClN3O3S. The van der Waals surface area contributed by atoms with Crippen molar-refractivity contribution in [3.05, 3.63) is 29.3 Å². The van der Waals surface area contributed by atoms with Crippen molar-refractivity contribution in [3.63, 3.8) is 0 Å². The molecule has 1 amide bonds. The molecule has 25 heavy (non-hydrogen) atoms. The van der Waals surface area contributed by atoms with E-state index in [2.05, 4.69) is 5.32 Å². The standard InChI is InChI=1S/C17H25N3O3S.ClH/c1-13-12-18-7-10-20(13)24(22,23)17-4-3-15-5-8-19(14(2)21)9-6-16(15)11-17;/h3-4,11,13,18H,5-10,12H2,1-2H3;1H. The van der Waals surface area contributed by atoms with Gasteiger partial charge in [-0.3, -0.25) is 4.79 Å². The first-order valence-corrected chi connectivity index (χ1v) is 9.93. The van der Waals surface area contributed by atoms with Gasteiger partial charge in [0.05, 0.1) is 4.90 Å². The highest BCUT2D eigenvalue weighted by Crippen LogP contribution is 2.24. The SMILES string of the molecule is CC(=O)N1CCc2ccc(S(=O)(=O)N3CCNCC3C)cc2CC1.Cl. The molecule has 140 valence electrons. The molecule has 2 aliphatic rings. The summed E-state index contributed by atoms with van der Waals surface area (Å²) < 4.78 is 27.5. The average Bonchev–Trinajstić information content (AvgIpc) is 2.77. The van der Waals surface area contributed by atoms with E-state index in [0.29, 0.717) is 44.0 Å². The van der Waals surface area contributed by atoms with Crippen LogP contribution in [0.15, 0.2) is 23.1 Å². The lowest BCUT2D eigenvalue weighted by Gasteiger charge is -2.33. The normalized spacial score (nSPS) is 21.8. The van der Waals surface area contributed by atoms with Gasteiger partial charge < -0.3 is 10.2 Å². The average molecular weight is 388 g/mol. The second kappa shape index (κ2) is 8.03. The molecule has 3 rings (SSSR count). The fourth-order valence-electron chi connectivity index (χ4n) is 3.49. The van der Waals surface area contributed by atoms with Crippen LogP contribution in [0, 0.1) is 0 Å². The fraction of sp³-hybridized carbons (Fsp3) is 0.588. The summed E-state index contributed by atoms with van der Waals surface area (Å²) in [7, 11) is -3.47. The highest BCUT2D eigenvalue weighted by atomic mass is 35.5. The van der Waals surface area contributed by atoms with Crippen molar-refractivity contribution >= 4 is 28.3 Å². The van der Waals surface area contributed by atoms with Gasteiger partial charge in [-0.05, 0) is 43.0 Å². The Morgan fingerprint density at radius 2 is 1.84 bits per heavy atom. The van der Waals surface area contributed by atoms with Crippen LogP contribution < -0.4 is 5.32 Å². The molecule has 1 atom stereocenters. The maximum atomic E-state index is 13.0.